The van der Waals surface area contributed by atoms with Crippen LogP contribution in [0.2, 0.25) is 0 Å². The zero-order chi connectivity index (χ0) is 17.3. The van der Waals surface area contributed by atoms with Crippen molar-refractivity contribution in [2.45, 2.75) is 30.6 Å². The molecule has 1 aromatic heterocycles. The number of ether oxygens (including phenoxy) is 1. The zero-order valence-corrected chi connectivity index (χ0v) is 14.8. The van der Waals surface area contributed by atoms with Gasteiger partial charge in [0.15, 0.2) is 0 Å². The fraction of sp³-hybridized carbons (Fsp3) is 0.312. The molecule has 0 atom stereocenters. The first-order valence-electron chi connectivity index (χ1n) is 7.52. The van der Waals surface area contributed by atoms with Crippen molar-refractivity contribution in [2.75, 3.05) is 12.4 Å². The molecule has 0 saturated carbocycles. The number of amides is 1. The number of fused-ring (bicyclic) bond motifs is 1. The highest BCUT2D eigenvalue weighted by molar-refractivity contribution is 7.89. The third-order valence-electron chi connectivity index (χ3n) is 3.95. The lowest BCUT2D eigenvalue weighted by Crippen LogP contribution is -2.15. The number of carbonyl (C=O) groups excluding carboxylic acids is 1. The third-order valence-corrected chi connectivity index (χ3v) is 6.12. The van der Waals surface area contributed by atoms with Crippen molar-refractivity contribution in [1.29, 1.82) is 0 Å². The van der Waals surface area contributed by atoms with E-state index >= 15 is 0 Å². The SMILES string of the molecule is COc1ccc(NC(=O)c2cc3c(s2)CCCC3)cc1S(N)(=O)=O. The van der Waals surface area contributed by atoms with E-state index in [0.29, 0.717) is 10.6 Å². The van der Waals surface area contributed by atoms with Crippen molar-refractivity contribution < 1.29 is 17.9 Å². The van der Waals surface area contributed by atoms with Gasteiger partial charge in [0, 0.05) is 10.6 Å². The van der Waals surface area contributed by atoms with Gasteiger partial charge >= 0.3 is 0 Å². The number of nitrogens with two attached hydrogens (primary N) is 1. The molecule has 1 aromatic carbocycles. The van der Waals surface area contributed by atoms with Gasteiger partial charge in [0.2, 0.25) is 10.0 Å². The van der Waals surface area contributed by atoms with Crippen LogP contribution in [0.5, 0.6) is 5.75 Å². The number of rotatable bonds is 4. The van der Waals surface area contributed by atoms with Crippen molar-refractivity contribution in [1.82, 2.24) is 0 Å². The van der Waals surface area contributed by atoms with Crippen molar-refractivity contribution in [3.8, 4) is 5.75 Å². The van der Waals surface area contributed by atoms with Gasteiger partial charge in [0.1, 0.15) is 10.6 Å². The van der Waals surface area contributed by atoms with E-state index in [9.17, 15) is 13.2 Å². The van der Waals surface area contributed by atoms with Crippen molar-refractivity contribution in [2.24, 2.45) is 5.14 Å². The fourth-order valence-electron chi connectivity index (χ4n) is 2.77. The first-order chi connectivity index (χ1) is 11.4. The third kappa shape index (κ3) is 3.45. The molecule has 0 aliphatic heterocycles. The number of sulfonamides is 1. The minimum atomic E-state index is -3.94. The molecule has 128 valence electrons. The second-order valence-corrected chi connectivity index (χ2v) is 8.30. The summed E-state index contributed by atoms with van der Waals surface area (Å²) in [5.74, 6) is -0.109. The molecule has 3 N–H and O–H groups in total. The molecule has 3 rings (SSSR count). The second-order valence-electron chi connectivity index (χ2n) is 5.63. The highest BCUT2D eigenvalue weighted by Gasteiger charge is 2.19. The van der Waals surface area contributed by atoms with Crippen LogP contribution in [0.3, 0.4) is 0 Å². The number of hydrogen-bond acceptors (Lipinski definition) is 5. The summed E-state index contributed by atoms with van der Waals surface area (Å²) < 4.78 is 28.3. The number of carbonyl (C=O) groups is 1. The summed E-state index contributed by atoms with van der Waals surface area (Å²) in [6.07, 6.45) is 4.34. The Balaban J connectivity index is 1.85. The van der Waals surface area contributed by atoms with Gasteiger partial charge in [-0.1, -0.05) is 0 Å². The first kappa shape index (κ1) is 16.9. The second kappa shape index (κ2) is 6.54. The maximum absolute atomic E-state index is 12.4. The van der Waals surface area contributed by atoms with E-state index in [1.807, 2.05) is 6.07 Å². The number of thiophene rings is 1. The Bertz CT molecular complexity index is 864. The molecule has 1 amide bonds. The molecule has 2 aromatic rings. The molecule has 1 heterocycles. The molecule has 0 spiro atoms. The van der Waals surface area contributed by atoms with Crippen LogP contribution in [0.4, 0.5) is 5.69 Å². The molecule has 6 nitrogen and oxygen atoms in total. The Hall–Kier alpha value is -1.90. The lowest BCUT2D eigenvalue weighted by molar-refractivity contribution is 0.103. The average molecular weight is 366 g/mol. The minimum Gasteiger partial charge on any atom is -0.495 e. The van der Waals surface area contributed by atoms with E-state index in [0.717, 1.165) is 25.7 Å². The van der Waals surface area contributed by atoms with Crippen LogP contribution in [0.15, 0.2) is 29.2 Å². The lowest BCUT2D eigenvalue weighted by atomic mass is 9.99. The van der Waals surface area contributed by atoms with Gasteiger partial charge < -0.3 is 10.1 Å². The largest absolute Gasteiger partial charge is 0.495 e. The van der Waals surface area contributed by atoms with Crippen LogP contribution in [0.25, 0.3) is 0 Å². The molecule has 0 fully saturated rings. The Morgan fingerprint density at radius 2 is 2.00 bits per heavy atom. The van der Waals surface area contributed by atoms with E-state index in [1.165, 1.54) is 41.0 Å². The molecule has 0 unspecified atom stereocenters. The van der Waals surface area contributed by atoms with E-state index in [2.05, 4.69) is 5.32 Å². The zero-order valence-electron chi connectivity index (χ0n) is 13.2. The van der Waals surface area contributed by atoms with Crippen molar-refractivity contribution in [3.63, 3.8) is 0 Å². The highest BCUT2D eigenvalue weighted by atomic mass is 32.2. The van der Waals surface area contributed by atoms with Crippen LogP contribution in [0, 0.1) is 0 Å². The minimum absolute atomic E-state index is 0.141. The number of anilines is 1. The quantitative estimate of drug-likeness (QED) is 0.868. The van der Waals surface area contributed by atoms with Crippen LogP contribution in [0.1, 0.15) is 33.0 Å². The van der Waals surface area contributed by atoms with Crippen LogP contribution < -0.4 is 15.2 Å². The lowest BCUT2D eigenvalue weighted by Gasteiger charge is -2.09. The van der Waals surface area contributed by atoms with Crippen molar-refractivity contribution in [3.05, 3.63) is 39.6 Å². The summed E-state index contributed by atoms with van der Waals surface area (Å²) in [6.45, 7) is 0. The van der Waals surface area contributed by atoms with Gasteiger partial charge in [-0.3, -0.25) is 4.79 Å². The van der Waals surface area contributed by atoms with Crippen LogP contribution in [-0.4, -0.2) is 21.4 Å². The van der Waals surface area contributed by atoms with Crippen LogP contribution in [-0.2, 0) is 22.9 Å². The Labute approximate surface area is 144 Å². The maximum atomic E-state index is 12.4. The normalized spacial score (nSPS) is 14.1. The Morgan fingerprint density at radius 3 is 2.67 bits per heavy atom. The van der Waals surface area contributed by atoms with Crippen molar-refractivity contribution >= 4 is 33.0 Å². The molecule has 8 heteroatoms. The summed E-state index contributed by atoms with van der Waals surface area (Å²) in [4.78, 5) is 14.2. The van der Waals surface area contributed by atoms with E-state index in [-0.39, 0.29) is 16.6 Å². The summed E-state index contributed by atoms with van der Waals surface area (Å²) in [5, 5.41) is 7.92. The Kier molecular flexibility index (Phi) is 4.62. The number of aryl methyl sites for hydroxylation is 2. The fourth-order valence-corrected chi connectivity index (χ4v) is 4.64. The molecular formula is C16H18N2O4S2. The molecule has 0 saturated heterocycles. The highest BCUT2D eigenvalue weighted by Crippen LogP contribution is 2.31. The molecule has 0 radical (unpaired) electrons. The summed E-state index contributed by atoms with van der Waals surface area (Å²) >= 11 is 1.50. The van der Waals surface area contributed by atoms with Gasteiger partial charge in [-0.15, -0.1) is 11.3 Å². The van der Waals surface area contributed by atoms with Gasteiger partial charge in [0.25, 0.3) is 5.91 Å². The number of methoxy groups -OCH3 is 1. The molecule has 1 aliphatic rings. The summed E-state index contributed by atoms with van der Waals surface area (Å²) in [6, 6.07) is 6.28. The predicted molar refractivity (Wildman–Crippen MR) is 93.3 cm³/mol. The van der Waals surface area contributed by atoms with Gasteiger partial charge in [0.05, 0.1) is 12.0 Å². The monoisotopic (exact) mass is 366 g/mol. The van der Waals surface area contributed by atoms with E-state index in [4.69, 9.17) is 9.88 Å². The summed E-state index contributed by atoms with van der Waals surface area (Å²) in [5.41, 5.74) is 1.60. The van der Waals surface area contributed by atoms with Gasteiger partial charge in [-0.2, -0.15) is 0 Å². The Morgan fingerprint density at radius 1 is 1.25 bits per heavy atom. The number of primary sulfonamides is 1. The van der Waals surface area contributed by atoms with Gasteiger partial charge in [-0.25, -0.2) is 13.6 Å². The maximum Gasteiger partial charge on any atom is 0.265 e. The number of hydrogen-bond donors (Lipinski definition) is 2. The van der Waals surface area contributed by atoms with E-state index < -0.39 is 10.0 Å². The topological polar surface area (TPSA) is 98.5 Å². The molecular weight excluding hydrogens is 348 g/mol. The standard InChI is InChI=1S/C16H18N2O4S2/c1-22-12-7-6-11(9-15(12)24(17,20)21)18-16(19)14-8-10-4-2-3-5-13(10)23-14/h6-9H,2-5H2,1H3,(H,18,19)(H2,17,20,21). The summed E-state index contributed by atoms with van der Waals surface area (Å²) in [7, 11) is -2.58. The number of benzene rings is 1. The smallest absolute Gasteiger partial charge is 0.265 e. The van der Waals surface area contributed by atoms with E-state index in [1.54, 1.807) is 6.07 Å². The number of nitrogens with one attached hydrogen (secondary N) is 1. The van der Waals surface area contributed by atoms with Crippen LogP contribution >= 0.6 is 11.3 Å². The predicted octanol–water partition coefficient (Wildman–Crippen LogP) is 2.54. The molecule has 0 bridgehead atoms. The first-order valence-corrected chi connectivity index (χ1v) is 9.88. The molecule has 1 aliphatic carbocycles. The van der Waals surface area contributed by atoms with Gasteiger partial charge in [-0.05, 0) is 55.5 Å². The average Bonchev–Trinajstić information content (AvgIpc) is 2.98. The molecule has 24 heavy (non-hydrogen) atoms.